The van der Waals surface area contributed by atoms with Gasteiger partial charge in [0, 0.05) is 12.1 Å². The predicted molar refractivity (Wildman–Crippen MR) is 63.3 cm³/mol. The summed E-state index contributed by atoms with van der Waals surface area (Å²) in [6.07, 6.45) is 2.99. The molecule has 17 heavy (non-hydrogen) atoms. The lowest BCUT2D eigenvalue weighted by molar-refractivity contribution is 0.0952. The highest BCUT2D eigenvalue weighted by atomic mass is 16.3. The van der Waals surface area contributed by atoms with E-state index in [2.05, 4.69) is 12.2 Å². The summed E-state index contributed by atoms with van der Waals surface area (Å²) >= 11 is 0. The van der Waals surface area contributed by atoms with E-state index in [-0.39, 0.29) is 11.5 Å². The number of benzene rings is 1. The Morgan fingerprint density at radius 1 is 1.18 bits per heavy atom. The third-order valence-corrected chi connectivity index (χ3v) is 2.40. The molecular weight excluding hydrogens is 222 g/mol. The molecule has 0 atom stereocenters. The maximum absolute atomic E-state index is 11.6. The van der Waals surface area contributed by atoms with Crippen LogP contribution in [0.4, 0.5) is 0 Å². The highest BCUT2D eigenvalue weighted by Crippen LogP contribution is 2.35. The second-order valence-corrected chi connectivity index (χ2v) is 3.83. The Morgan fingerprint density at radius 2 is 1.76 bits per heavy atom. The fourth-order valence-electron chi connectivity index (χ4n) is 1.41. The van der Waals surface area contributed by atoms with Crippen molar-refractivity contribution in [2.45, 2.75) is 26.2 Å². The standard InChI is InChI=1S/C12H17NO4/c1-2-3-4-5-13-12(17)8-6-9(14)11(16)10(15)7-8/h6-7,14-16H,2-5H2,1H3,(H,13,17). The van der Waals surface area contributed by atoms with Crippen LogP contribution in [0.25, 0.3) is 0 Å². The van der Waals surface area contributed by atoms with E-state index in [1.165, 1.54) is 0 Å². The minimum absolute atomic E-state index is 0.120. The number of nitrogens with one attached hydrogen (secondary N) is 1. The number of amides is 1. The molecule has 5 nitrogen and oxygen atoms in total. The van der Waals surface area contributed by atoms with Crippen molar-refractivity contribution >= 4 is 5.91 Å². The number of unbranched alkanes of at least 4 members (excludes halogenated alkanes) is 2. The molecule has 1 aromatic rings. The van der Waals surface area contributed by atoms with E-state index in [4.69, 9.17) is 5.11 Å². The largest absolute Gasteiger partial charge is 0.504 e. The first-order valence-corrected chi connectivity index (χ1v) is 5.59. The molecule has 5 heteroatoms. The molecule has 0 aliphatic heterocycles. The van der Waals surface area contributed by atoms with E-state index in [0.29, 0.717) is 6.54 Å². The maximum atomic E-state index is 11.6. The number of carbonyl (C=O) groups is 1. The molecule has 1 rings (SSSR count). The van der Waals surface area contributed by atoms with Gasteiger partial charge in [-0.05, 0) is 18.6 Å². The first kappa shape index (κ1) is 13.2. The summed E-state index contributed by atoms with van der Waals surface area (Å²) in [5.74, 6) is -2.02. The van der Waals surface area contributed by atoms with Crippen molar-refractivity contribution in [2.75, 3.05) is 6.54 Å². The number of phenols is 3. The zero-order valence-electron chi connectivity index (χ0n) is 9.73. The average Bonchev–Trinajstić information content (AvgIpc) is 2.30. The van der Waals surface area contributed by atoms with Gasteiger partial charge in [0.25, 0.3) is 5.91 Å². The summed E-state index contributed by atoms with van der Waals surface area (Å²) in [5.41, 5.74) is 0.120. The first-order chi connectivity index (χ1) is 8.06. The molecule has 4 N–H and O–H groups in total. The topological polar surface area (TPSA) is 89.8 Å². The van der Waals surface area contributed by atoms with Gasteiger partial charge in [-0.15, -0.1) is 0 Å². The Hall–Kier alpha value is -1.91. The maximum Gasteiger partial charge on any atom is 0.251 e. The van der Waals surface area contributed by atoms with E-state index in [1.807, 2.05) is 0 Å². The van der Waals surface area contributed by atoms with Crippen molar-refractivity contribution in [2.24, 2.45) is 0 Å². The number of carbonyl (C=O) groups excluding carboxylic acids is 1. The quantitative estimate of drug-likeness (QED) is 0.465. The minimum atomic E-state index is -0.618. The Balaban J connectivity index is 2.63. The molecule has 1 aromatic carbocycles. The molecule has 0 saturated carbocycles. The molecule has 0 aromatic heterocycles. The molecule has 0 saturated heterocycles. The van der Waals surface area contributed by atoms with Gasteiger partial charge in [-0.1, -0.05) is 19.8 Å². The van der Waals surface area contributed by atoms with Crippen LogP contribution in [0.2, 0.25) is 0 Å². The Kier molecular flexibility index (Phi) is 4.63. The van der Waals surface area contributed by atoms with Crippen LogP contribution in [0.5, 0.6) is 17.2 Å². The summed E-state index contributed by atoms with van der Waals surface area (Å²) < 4.78 is 0. The molecule has 0 radical (unpaired) electrons. The fraction of sp³-hybridized carbons (Fsp3) is 0.417. The summed E-state index contributed by atoms with van der Waals surface area (Å²) in [6, 6.07) is 2.23. The van der Waals surface area contributed by atoms with Crippen molar-refractivity contribution in [3.8, 4) is 17.2 Å². The molecule has 0 aliphatic carbocycles. The van der Waals surface area contributed by atoms with Gasteiger partial charge in [-0.3, -0.25) is 4.79 Å². The molecule has 1 amide bonds. The van der Waals surface area contributed by atoms with Crippen LogP contribution in [0.3, 0.4) is 0 Å². The first-order valence-electron chi connectivity index (χ1n) is 5.59. The lowest BCUT2D eigenvalue weighted by Crippen LogP contribution is -2.24. The van der Waals surface area contributed by atoms with Crippen LogP contribution in [-0.2, 0) is 0 Å². The number of hydrogen-bond donors (Lipinski definition) is 4. The summed E-state index contributed by atoms with van der Waals surface area (Å²) in [5, 5.41) is 30.3. The van der Waals surface area contributed by atoms with Gasteiger partial charge in [0.15, 0.2) is 17.2 Å². The van der Waals surface area contributed by atoms with Gasteiger partial charge in [0.1, 0.15) is 0 Å². The molecule has 0 heterocycles. The van der Waals surface area contributed by atoms with E-state index >= 15 is 0 Å². The lowest BCUT2D eigenvalue weighted by Gasteiger charge is -2.07. The highest BCUT2D eigenvalue weighted by Gasteiger charge is 2.12. The smallest absolute Gasteiger partial charge is 0.251 e. The van der Waals surface area contributed by atoms with Crippen molar-refractivity contribution in [1.82, 2.24) is 5.32 Å². The lowest BCUT2D eigenvalue weighted by atomic mass is 10.1. The third-order valence-electron chi connectivity index (χ3n) is 2.40. The van der Waals surface area contributed by atoms with E-state index in [9.17, 15) is 15.0 Å². The molecule has 0 bridgehead atoms. The van der Waals surface area contributed by atoms with Crippen molar-refractivity contribution in [1.29, 1.82) is 0 Å². The summed E-state index contributed by atoms with van der Waals surface area (Å²) in [4.78, 5) is 11.6. The third kappa shape index (κ3) is 3.55. The fourth-order valence-corrected chi connectivity index (χ4v) is 1.41. The van der Waals surface area contributed by atoms with Crippen LogP contribution in [0.15, 0.2) is 12.1 Å². The van der Waals surface area contributed by atoms with Gasteiger partial charge >= 0.3 is 0 Å². The number of hydrogen-bond acceptors (Lipinski definition) is 4. The van der Waals surface area contributed by atoms with Gasteiger partial charge in [-0.2, -0.15) is 0 Å². The Morgan fingerprint density at radius 3 is 2.29 bits per heavy atom. The van der Waals surface area contributed by atoms with Gasteiger partial charge in [0.2, 0.25) is 0 Å². The molecule has 0 aliphatic rings. The van der Waals surface area contributed by atoms with E-state index < -0.39 is 17.2 Å². The van der Waals surface area contributed by atoms with Gasteiger partial charge < -0.3 is 20.6 Å². The van der Waals surface area contributed by atoms with Crippen molar-refractivity contribution in [3.05, 3.63) is 17.7 Å². The van der Waals surface area contributed by atoms with Gasteiger partial charge in [0.05, 0.1) is 0 Å². The van der Waals surface area contributed by atoms with E-state index in [1.54, 1.807) is 0 Å². The Bertz CT molecular complexity index is 380. The summed E-state index contributed by atoms with van der Waals surface area (Å²) in [7, 11) is 0. The molecule has 0 spiro atoms. The minimum Gasteiger partial charge on any atom is -0.504 e. The number of aromatic hydroxyl groups is 3. The second kappa shape index (κ2) is 5.98. The highest BCUT2D eigenvalue weighted by molar-refractivity contribution is 5.95. The normalized spacial score (nSPS) is 10.2. The molecule has 0 fully saturated rings. The number of phenolic OH excluding ortho intramolecular Hbond substituents is 3. The predicted octanol–water partition coefficient (Wildman–Crippen LogP) is 1.72. The van der Waals surface area contributed by atoms with Crippen LogP contribution < -0.4 is 5.32 Å². The van der Waals surface area contributed by atoms with Gasteiger partial charge in [-0.25, -0.2) is 0 Å². The zero-order chi connectivity index (χ0) is 12.8. The molecular formula is C12H17NO4. The number of rotatable bonds is 5. The SMILES string of the molecule is CCCCCNC(=O)c1cc(O)c(O)c(O)c1. The van der Waals surface area contributed by atoms with Crippen LogP contribution in [0.1, 0.15) is 36.5 Å². The molecule has 0 unspecified atom stereocenters. The Labute approximate surface area is 99.7 Å². The summed E-state index contributed by atoms with van der Waals surface area (Å²) in [6.45, 7) is 2.62. The van der Waals surface area contributed by atoms with Crippen LogP contribution in [0, 0.1) is 0 Å². The monoisotopic (exact) mass is 239 g/mol. The van der Waals surface area contributed by atoms with Crippen LogP contribution in [-0.4, -0.2) is 27.8 Å². The van der Waals surface area contributed by atoms with E-state index in [0.717, 1.165) is 31.4 Å². The second-order valence-electron chi connectivity index (χ2n) is 3.83. The average molecular weight is 239 g/mol. The zero-order valence-corrected chi connectivity index (χ0v) is 9.73. The van der Waals surface area contributed by atoms with Crippen LogP contribution >= 0.6 is 0 Å². The molecule has 94 valence electrons. The van der Waals surface area contributed by atoms with Crippen molar-refractivity contribution < 1.29 is 20.1 Å². The van der Waals surface area contributed by atoms with Crippen molar-refractivity contribution in [3.63, 3.8) is 0 Å².